The van der Waals surface area contributed by atoms with Crippen LogP contribution in [0.2, 0.25) is 5.02 Å². The van der Waals surface area contributed by atoms with Crippen LogP contribution in [-0.2, 0) is 0 Å². The SMILES string of the molecule is Nc1cc(F)cc(C(=O)c2c[nH]c3ccc(Cl)cc23)c1F. The molecule has 0 atom stereocenters. The second-order valence-electron chi connectivity index (χ2n) is 4.58. The van der Waals surface area contributed by atoms with Crippen molar-refractivity contribution in [3.05, 3.63) is 64.3 Å². The molecule has 106 valence electrons. The molecule has 0 bridgehead atoms. The highest BCUT2D eigenvalue weighted by Crippen LogP contribution is 2.26. The van der Waals surface area contributed by atoms with E-state index in [1.807, 2.05) is 0 Å². The Morgan fingerprint density at radius 1 is 1.14 bits per heavy atom. The minimum atomic E-state index is -0.933. The molecule has 3 N–H and O–H groups in total. The van der Waals surface area contributed by atoms with Gasteiger partial charge in [-0.15, -0.1) is 0 Å². The van der Waals surface area contributed by atoms with Crippen LogP contribution >= 0.6 is 11.6 Å². The summed E-state index contributed by atoms with van der Waals surface area (Å²) in [6.07, 6.45) is 1.43. The van der Waals surface area contributed by atoms with E-state index in [0.29, 0.717) is 15.9 Å². The maximum Gasteiger partial charge on any atom is 0.198 e. The fourth-order valence-electron chi connectivity index (χ4n) is 2.20. The van der Waals surface area contributed by atoms with Crippen molar-refractivity contribution in [3.8, 4) is 0 Å². The molecule has 0 aliphatic rings. The van der Waals surface area contributed by atoms with E-state index in [2.05, 4.69) is 4.98 Å². The highest BCUT2D eigenvalue weighted by Gasteiger charge is 2.20. The first-order valence-corrected chi connectivity index (χ1v) is 6.41. The summed E-state index contributed by atoms with van der Waals surface area (Å²) < 4.78 is 27.3. The van der Waals surface area contributed by atoms with Crippen molar-refractivity contribution < 1.29 is 13.6 Å². The van der Waals surface area contributed by atoms with E-state index < -0.39 is 28.7 Å². The first-order chi connectivity index (χ1) is 9.97. The maximum atomic E-state index is 14.0. The molecule has 0 radical (unpaired) electrons. The molecule has 0 unspecified atom stereocenters. The summed E-state index contributed by atoms with van der Waals surface area (Å²) in [6.45, 7) is 0. The molecule has 1 heterocycles. The van der Waals surface area contributed by atoms with Crippen LogP contribution in [0, 0.1) is 11.6 Å². The van der Waals surface area contributed by atoms with Crippen molar-refractivity contribution in [2.24, 2.45) is 0 Å². The van der Waals surface area contributed by atoms with Gasteiger partial charge in [0.25, 0.3) is 0 Å². The summed E-state index contributed by atoms with van der Waals surface area (Å²) in [5, 5.41) is 0.977. The topological polar surface area (TPSA) is 58.9 Å². The molecule has 6 heteroatoms. The van der Waals surface area contributed by atoms with Gasteiger partial charge in [-0.1, -0.05) is 11.6 Å². The number of nitrogens with two attached hydrogens (primary N) is 1. The van der Waals surface area contributed by atoms with Crippen LogP contribution in [0.4, 0.5) is 14.5 Å². The third-order valence-corrected chi connectivity index (χ3v) is 3.43. The number of nitrogens with one attached hydrogen (secondary N) is 1. The minimum Gasteiger partial charge on any atom is -0.396 e. The summed E-state index contributed by atoms with van der Waals surface area (Å²) in [5.74, 6) is -2.36. The molecule has 3 rings (SSSR count). The Labute approximate surface area is 123 Å². The zero-order valence-electron chi connectivity index (χ0n) is 10.6. The van der Waals surface area contributed by atoms with Crippen LogP contribution < -0.4 is 5.73 Å². The van der Waals surface area contributed by atoms with Gasteiger partial charge < -0.3 is 10.7 Å². The standard InChI is InChI=1S/C15H9ClF2N2O/c16-7-1-2-13-9(3-7)11(6-20-13)15(21)10-4-8(17)5-12(19)14(10)18/h1-6,20H,19H2. The Bertz CT molecular complexity index is 873. The summed E-state index contributed by atoms with van der Waals surface area (Å²) >= 11 is 5.90. The quantitative estimate of drug-likeness (QED) is 0.557. The number of nitrogen functional groups attached to an aromatic ring is 1. The van der Waals surface area contributed by atoms with Gasteiger partial charge in [-0.25, -0.2) is 8.78 Å². The second kappa shape index (κ2) is 4.86. The summed E-state index contributed by atoms with van der Waals surface area (Å²) in [5.41, 5.74) is 5.42. The third kappa shape index (κ3) is 2.25. The van der Waals surface area contributed by atoms with Crippen LogP contribution in [0.1, 0.15) is 15.9 Å². The number of halogens is 3. The van der Waals surface area contributed by atoms with Crippen molar-refractivity contribution >= 4 is 34.0 Å². The fraction of sp³-hybridized carbons (Fsp3) is 0. The predicted molar refractivity (Wildman–Crippen MR) is 77.5 cm³/mol. The fourth-order valence-corrected chi connectivity index (χ4v) is 2.37. The molecular weight excluding hydrogens is 298 g/mol. The smallest absolute Gasteiger partial charge is 0.198 e. The van der Waals surface area contributed by atoms with Gasteiger partial charge in [-0.05, 0) is 30.3 Å². The van der Waals surface area contributed by atoms with Gasteiger partial charge >= 0.3 is 0 Å². The molecule has 3 nitrogen and oxygen atoms in total. The largest absolute Gasteiger partial charge is 0.396 e. The van der Waals surface area contributed by atoms with Gasteiger partial charge in [0.15, 0.2) is 11.6 Å². The average Bonchev–Trinajstić information content (AvgIpc) is 2.85. The van der Waals surface area contributed by atoms with E-state index in [-0.39, 0.29) is 5.56 Å². The number of rotatable bonds is 2. The Morgan fingerprint density at radius 3 is 2.67 bits per heavy atom. The van der Waals surface area contributed by atoms with Crippen LogP contribution in [0.15, 0.2) is 36.5 Å². The molecule has 0 saturated carbocycles. The van der Waals surface area contributed by atoms with Gasteiger partial charge in [0.1, 0.15) is 5.82 Å². The first kappa shape index (κ1) is 13.6. The molecule has 0 saturated heterocycles. The number of aromatic amines is 1. The van der Waals surface area contributed by atoms with Crippen LogP contribution in [-0.4, -0.2) is 10.8 Å². The van der Waals surface area contributed by atoms with Crippen LogP contribution in [0.25, 0.3) is 10.9 Å². The zero-order chi connectivity index (χ0) is 15.1. The zero-order valence-corrected chi connectivity index (χ0v) is 11.3. The van der Waals surface area contributed by atoms with Gasteiger partial charge in [-0.2, -0.15) is 0 Å². The lowest BCUT2D eigenvalue weighted by Crippen LogP contribution is -2.07. The molecule has 21 heavy (non-hydrogen) atoms. The van der Waals surface area contributed by atoms with E-state index in [1.165, 1.54) is 6.20 Å². The van der Waals surface area contributed by atoms with Crippen LogP contribution in [0.5, 0.6) is 0 Å². The first-order valence-electron chi connectivity index (χ1n) is 6.03. The number of aromatic nitrogens is 1. The van der Waals surface area contributed by atoms with Gasteiger partial charge in [0, 0.05) is 27.7 Å². The second-order valence-corrected chi connectivity index (χ2v) is 5.01. The summed E-state index contributed by atoms with van der Waals surface area (Å²) in [7, 11) is 0. The number of benzene rings is 2. The average molecular weight is 307 g/mol. The summed E-state index contributed by atoms with van der Waals surface area (Å²) in [6, 6.07) is 6.61. The van der Waals surface area contributed by atoms with Crippen molar-refractivity contribution in [1.82, 2.24) is 4.98 Å². The third-order valence-electron chi connectivity index (χ3n) is 3.20. The highest BCUT2D eigenvalue weighted by atomic mass is 35.5. The number of anilines is 1. The number of ketones is 1. The number of carbonyl (C=O) groups excluding carboxylic acids is 1. The lowest BCUT2D eigenvalue weighted by Gasteiger charge is -2.05. The van der Waals surface area contributed by atoms with E-state index in [4.69, 9.17) is 17.3 Å². The number of hydrogen-bond donors (Lipinski definition) is 2. The molecule has 0 aliphatic carbocycles. The Hall–Kier alpha value is -2.40. The minimum absolute atomic E-state index is 0.205. The maximum absolute atomic E-state index is 14.0. The van der Waals surface area contributed by atoms with Gasteiger partial charge in [-0.3, -0.25) is 4.79 Å². The Balaban J connectivity index is 2.19. The van der Waals surface area contributed by atoms with Crippen molar-refractivity contribution in [2.45, 2.75) is 0 Å². The van der Waals surface area contributed by atoms with Gasteiger partial charge in [0.2, 0.25) is 0 Å². The summed E-state index contributed by atoms with van der Waals surface area (Å²) in [4.78, 5) is 15.3. The highest BCUT2D eigenvalue weighted by molar-refractivity contribution is 6.31. The van der Waals surface area contributed by atoms with Crippen LogP contribution in [0.3, 0.4) is 0 Å². The van der Waals surface area contributed by atoms with Gasteiger partial charge in [0.05, 0.1) is 11.3 Å². The van der Waals surface area contributed by atoms with E-state index in [9.17, 15) is 13.6 Å². The molecular formula is C15H9ClF2N2O. The molecule has 0 spiro atoms. The lowest BCUT2D eigenvalue weighted by atomic mass is 10.0. The number of fused-ring (bicyclic) bond motifs is 1. The normalized spacial score (nSPS) is 11.0. The molecule has 3 aromatic rings. The van der Waals surface area contributed by atoms with E-state index in [0.717, 1.165) is 12.1 Å². The van der Waals surface area contributed by atoms with Crippen molar-refractivity contribution in [2.75, 3.05) is 5.73 Å². The Kier molecular flexibility index (Phi) is 3.14. The number of carbonyl (C=O) groups is 1. The van der Waals surface area contributed by atoms with E-state index >= 15 is 0 Å². The molecule has 2 aromatic carbocycles. The Morgan fingerprint density at radius 2 is 1.90 bits per heavy atom. The molecule has 0 aliphatic heterocycles. The van der Waals surface area contributed by atoms with E-state index in [1.54, 1.807) is 18.2 Å². The molecule has 1 aromatic heterocycles. The van der Waals surface area contributed by atoms with Crippen molar-refractivity contribution in [1.29, 1.82) is 0 Å². The number of hydrogen-bond acceptors (Lipinski definition) is 2. The predicted octanol–water partition coefficient (Wildman–Crippen LogP) is 3.91. The number of H-pyrrole nitrogens is 1. The monoisotopic (exact) mass is 306 g/mol. The lowest BCUT2D eigenvalue weighted by molar-refractivity contribution is 0.103. The molecule has 0 amide bonds. The van der Waals surface area contributed by atoms with Crippen molar-refractivity contribution in [3.63, 3.8) is 0 Å². The molecule has 0 fully saturated rings.